The summed E-state index contributed by atoms with van der Waals surface area (Å²) >= 11 is 5.92. The van der Waals surface area contributed by atoms with E-state index in [1.54, 1.807) is 0 Å². The molecule has 3 heteroatoms. The first kappa shape index (κ1) is 12.5. The number of halogens is 1. The van der Waals surface area contributed by atoms with E-state index in [0.29, 0.717) is 18.1 Å². The van der Waals surface area contributed by atoms with Gasteiger partial charge in [0.15, 0.2) is 0 Å². The lowest BCUT2D eigenvalue weighted by atomic mass is 9.83. The molecule has 1 heterocycles. The molecule has 0 radical (unpaired) electrons. The van der Waals surface area contributed by atoms with Crippen molar-refractivity contribution in [3.8, 4) is 0 Å². The van der Waals surface area contributed by atoms with Gasteiger partial charge in [-0.2, -0.15) is 0 Å². The van der Waals surface area contributed by atoms with Crippen LogP contribution < -0.4 is 0 Å². The van der Waals surface area contributed by atoms with E-state index < -0.39 is 0 Å². The van der Waals surface area contributed by atoms with Crippen LogP contribution in [0.25, 0.3) is 0 Å². The summed E-state index contributed by atoms with van der Waals surface area (Å²) in [5.74, 6) is 0.680. The maximum absolute atomic E-state index is 5.92. The number of epoxide rings is 1. The lowest BCUT2D eigenvalue weighted by molar-refractivity contribution is 0.0165. The Labute approximate surface area is 113 Å². The van der Waals surface area contributed by atoms with Crippen molar-refractivity contribution in [3.63, 3.8) is 0 Å². The Hall–Kier alpha value is -0.570. The highest BCUT2D eigenvalue weighted by atomic mass is 35.5. The minimum absolute atomic E-state index is 0.388. The van der Waals surface area contributed by atoms with Gasteiger partial charge >= 0.3 is 0 Å². The van der Waals surface area contributed by atoms with Gasteiger partial charge in [-0.05, 0) is 49.3 Å². The molecular weight excluding hydrogens is 248 g/mol. The zero-order valence-electron chi connectivity index (χ0n) is 10.5. The summed E-state index contributed by atoms with van der Waals surface area (Å²) in [6.07, 6.45) is 5.60. The fourth-order valence-electron chi connectivity index (χ4n) is 2.71. The molecule has 98 valence electrons. The van der Waals surface area contributed by atoms with E-state index in [2.05, 4.69) is 12.1 Å². The quantitative estimate of drug-likeness (QED) is 0.774. The second-order valence-electron chi connectivity index (χ2n) is 5.31. The fourth-order valence-corrected chi connectivity index (χ4v) is 2.83. The van der Waals surface area contributed by atoms with Crippen LogP contribution in [0.3, 0.4) is 0 Å². The maximum Gasteiger partial charge on any atom is 0.104 e. The van der Waals surface area contributed by atoms with Gasteiger partial charge in [0.1, 0.15) is 6.10 Å². The van der Waals surface area contributed by atoms with Crippen molar-refractivity contribution in [1.29, 1.82) is 0 Å². The molecule has 1 aliphatic heterocycles. The number of benzene rings is 1. The SMILES string of the molecule is Clc1ccc(C2CCC(OCC3CO3)CC2)cc1. The van der Waals surface area contributed by atoms with Gasteiger partial charge in [0.2, 0.25) is 0 Å². The smallest absolute Gasteiger partial charge is 0.104 e. The van der Waals surface area contributed by atoms with Crippen molar-refractivity contribution in [3.05, 3.63) is 34.9 Å². The molecule has 0 bridgehead atoms. The van der Waals surface area contributed by atoms with Crippen LogP contribution in [0.4, 0.5) is 0 Å². The zero-order valence-corrected chi connectivity index (χ0v) is 11.2. The number of ether oxygens (including phenoxy) is 2. The predicted octanol–water partition coefficient (Wildman–Crippen LogP) is 3.78. The van der Waals surface area contributed by atoms with E-state index in [4.69, 9.17) is 21.1 Å². The van der Waals surface area contributed by atoms with E-state index >= 15 is 0 Å². The highest BCUT2D eigenvalue weighted by molar-refractivity contribution is 6.30. The first-order valence-electron chi connectivity index (χ1n) is 6.80. The highest BCUT2D eigenvalue weighted by Crippen LogP contribution is 2.34. The minimum atomic E-state index is 0.388. The lowest BCUT2D eigenvalue weighted by Crippen LogP contribution is -2.22. The minimum Gasteiger partial charge on any atom is -0.375 e. The molecular formula is C15H19ClO2. The topological polar surface area (TPSA) is 21.8 Å². The van der Waals surface area contributed by atoms with Gasteiger partial charge in [0, 0.05) is 5.02 Å². The fraction of sp³-hybridized carbons (Fsp3) is 0.600. The molecule has 0 aromatic heterocycles. The third-order valence-corrected chi connectivity index (χ3v) is 4.19. The number of hydrogen-bond acceptors (Lipinski definition) is 2. The summed E-state index contributed by atoms with van der Waals surface area (Å²) in [7, 11) is 0. The van der Waals surface area contributed by atoms with Gasteiger partial charge in [-0.3, -0.25) is 0 Å². The van der Waals surface area contributed by atoms with Crippen molar-refractivity contribution in [1.82, 2.24) is 0 Å². The van der Waals surface area contributed by atoms with Crippen LogP contribution in [0.1, 0.15) is 37.2 Å². The Bertz CT molecular complexity index is 378. The molecule has 0 N–H and O–H groups in total. The van der Waals surface area contributed by atoms with Crippen molar-refractivity contribution in [2.24, 2.45) is 0 Å². The molecule has 1 aliphatic carbocycles. The average molecular weight is 267 g/mol. The van der Waals surface area contributed by atoms with E-state index in [9.17, 15) is 0 Å². The zero-order chi connectivity index (χ0) is 12.4. The standard InChI is InChI=1S/C15H19ClO2/c16-13-5-1-11(2-6-13)12-3-7-14(8-4-12)17-9-15-10-18-15/h1-2,5-6,12,14-15H,3-4,7-10H2. The Kier molecular flexibility index (Phi) is 3.88. The Morgan fingerprint density at radius 2 is 1.78 bits per heavy atom. The third kappa shape index (κ3) is 3.25. The van der Waals surface area contributed by atoms with Gasteiger partial charge in [-0.1, -0.05) is 23.7 Å². The first-order valence-corrected chi connectivity index (χ1v) is 7.18. The molecule has 2 fully saturated rings. The van der Waals surface area contributed by atoms with Crippen LogP contribution in [-0.2, 0) is 9.47 Å². The number of rotatable bonds is 4. The summed E-state index contributed by atoms with van der Waals surface area (Å²) in [6.45, 7) is 1.68. The molecule has 0 amide bonds. The summed E-state index contributed by atoms with van der Waals surface area (Å²) in [6, 6.07) is 8.30. The van der Waals surface area contributed by atoms with Crippen molar-refractivity contribution in [2.75, 3.05) is 13.2 Å². The molecule has 2 nitrogen and oxygen atoms in total. The first-order chi connectivity index (χ1) is 8.81. The van der Waals surface area contributed by atoms with Crippen molar-refractivity contribution in [2.45, 2.75) is 43.8 Å². The molecule has 2 aliphatic rings. The van der Waals surface area contributed by atoms with Crippen LogP contribution in [0, 0.1) is 0 Å². The van der Waals surface area contributed by atoms with Crippen LogP contribution >= 0.6 is 11.6 Å². The summed E-state index contributed by atoms with van der Waals surface area (Å²) in [5.41, 5.74) is 1.42. The maximum atomic E-state index is 5.92. The average Bonchev–Trinajstić information content (AvgIpc) is 3.22. The van der Waals surface area contributed by atoms with Gasteiger partial charge in [0.05, 0.1) is 19.3 Å². The van der Waals surface area contributed by atoms with Crippen molar-refractivity contribution >= 4 is 11.6 Å². The molecule has 1 aromatic carbocycles. The molecule has 18 heavy (non-hydrogen) atoms. The van der Waals surface area contributed by atoms with Gasteiger partial charge < -0.3 is 9.47 Å². The summed E-state index contributed by atoms with van der Waals surface area (Å²) in [5, 5.41) is 0.820. The molecule has 1 atom stereocenters. The van der Waals surface area contributed by atoms with E-state index in [0.717, 1.165) is 18.2 Å². The highest BCUT2D eigenvalue weighted by Gasteiger charge is 2.27. The Morgan fingerprint density at radius 1 is 1.11 bits per heavy atom. The Morgan fingerprint density at radius 3 is 2.39 bits per heavy atom. The largest absolute Gasteiger partial charge is 0.375 e. The predicted molar refractivity (Wildman–Crippen MR) is 72.1 cm³/mol. The molecule has 1 unspecified atom stereocenters. The second kappa shape index (κ2) is 5.60. The van der Waals surface area contributed by atoms with Crippen molar-refractivity contribution < 1.29 is 9.47 Å². The van der Waals surface area contributed by atoms with Crippen LogP contribution in [0.2, 0.25) is 5.02 Å². The van der Waals surface area contributed by atoms with E-state index in [1.165, 1.54) is 31.2 Å². The normalized spacial score (nSPS) is 31.3. The molecule has 1 aromatic rings. The van der Waals surface area contributed by atoms with E-state index in [1.807, 2.05) is 12.1 Å². The van der Waals surface area contributed by atoms with Gasteiger partial charge in [-0.15, -0.1) is 0 Å². The molecule has 3 rings (SSSR count). The van der Waals surface area contributed by atoms with Crippen LogP contribution in [0.15, 0.2) is 24.3 Å². The molecule has 1 saturated heterocycles. The summed E-state index contributed by atoms with van der Waals surface area (Å²) in [4.78, 5) is 0. The monoisotopic (exact) mass is 266 g/mol. The molecule has 1 saturated carbocycles. The van der Waals surface area contributed by atoms with Crippen LogP contribution in [-0.4, -0.2) is 25.4 Å². The molecule has 0 spiro atoms. The van der Waals surface area contributed by atoms with E-state index in [-0.39, 0.29) is 0 Å². The third-order valence-electron chi connectivity index (χ3n) is 3.94. The van der Waals surface area contributed by atoms with Crippen LogP contribution in [0.5, 0.6) is 0 Å². The number of hydrogen-bond donors (Lipinski definition) is 0. The van der Waals surface area contributed by atoms with Gasteiger partial charge in [-0.25, -0.2) is 0 Å². The Balaban J connectivity index is 1.48. The summed E-state index contributed by atoms with van der Waals surface area (Å²) < 4.78 is 11.0. The van der Waals surface area contributed by atoms with Gasteiger partial charge in [0.25, 0.3) is 0 Å². The second-order valence-corrected chi connectivity index (χ2v) is 5.75. The lowest BCUT2D eigenvalue weighted by Gasteiger charge is -2.28.